The van der Waals surface area contributed by atoms with Gasteiger partial charge in [0.1, 0.15) is 5.78 Å². The average molecular weight is 303 g/mol. The maximum Gasteiger partial charge on any atom is 0.133 e. The monoisotopic (exact) mass is 302 g/mol. The van der Waals surface area contributed by atoms with Crippen LogP contribution in [-0.2, 0) is 4.79 Å². The molecule has 0 aromatic heterocycles. The summed E-state index contributed by atoms with van der Waals surface area (Å²) in [6.07, 6.45) is 15.9. The van der Waals surface area contributed by atoms with Crippen LogP contribution in [-0.4, -0.2) is 5.78 Å². The summed E-state index contributed by atoms with van der Waals surface area (Å²) in [4.78, 5) is 12.2. The molecule has 0 saturated heterocycles. The SMILES string of the molecule is CC12CCC3C(CCC4CCCCC43C)C1CCCC(=O)C2. The fraction of sp³-hybridized carbons (Fsp3) is 0.952. The van der Waals surface area contributed by atoms with Crippen LogP contribution in [0.15, 0.2) is 0 Å². The standard InChI is InChI=1S/C21H34O/c1-20-13-11-19-17(18(20)8-5-7-16(22)14-20)10-9-15-6-3-4-12-21(15,19)2/h15,17-19H,3-14H2,1-2H3. The van der Waals surface area contributed by atoms with Crippen LogP contribution in [0.4, 0.5) is 0 Å². The Kier molecular flexibility index (Phi) is 3.70. The van der Waals surface area contributed by atoms with E-state index in [9.17, 15) is 4.79 Å². The van der Waals surface area contributed by atoms with Gasteiger partial charge in [-0.1, -0.05) is 26.7 Å². The van der Waals surface area contributed by atoms with Crippen molar-refractivity contribution < 1.29 is 4.79 Å². The van der Waals surface area contributed by atoms with Crippen molar-refractivity contribution in [2.75, 3.05) is 0 Å². The third kappa shape index (κ3) is 2.21. The molecular weight excluding hydrogens is 268 g/mol. The average Bonchev–Trinajstić information content (AvgIpc) is 2.63. The molecule has 0 aliphatic heterocycles. The lowest BCUT2D eigenvalue weighted by Gasteiger charge is -2.61. The molecule has 0 amide bonds. The Bertz CT molecular complexity index is 455. The van der Waals surface area contributed by atoms with Gasteiger partial charge in [-0.05, 0) is 85.9 Å². The lowest BCUT2D eigenvalue weighted by atomic mass is 9.44. The number of hydrogen-bond acceptors (Lipinski definition) is 1. The maximum atomic E-state index is 12.2. The summed E-state index contributed by atoms with van der Waals surface area (Å²) >= 11 is 0. The van der Waals surface area contributed by atoms with E-state index in [4.69, 9.17) is 0 Å². The second-order valence-electron chi connectivity index (χ2n) is 9.70. The molecule has 0 bridgehead atoms. The zero-order valence-electron chi connectivity index (χ0n) is 14.7. The summed E-state index contributed by atoms with van der Waals surface area (Å²) < 4.78 is 0. The Hall–Kier alpha value is -0.330. The molecule has 4 aliphatic carbocycles. The molecule has 1 heteroatoms. The molecule has 0 spiro atoms. The van der Waals surface area contributed by atoms with Crippen molar-refractivity contribution in [3.8, 4) is 0 Å². The fourth-order valence-electron chi connectivity index (χ4n) is 7.53. The smallest absolute Gasteiger partial charge is 0.133 e. The Morgan fingerprint density at radius 1 is 0.864 bits per heavy atom. The summed E-state index contributed by atoms with van der Waals surface area (Å²) in [5.41, 5.74) is 0.978. The number of fused-ring (bicyclic) bond motifs is 5. The summed E-state index contributed by atoms with van der Waals surface area (Å²) in [5.74, 6) is 4.32. The second kappa shape index (κ2) is 5.35. The van der Waals surface area contributed by atoms with Crippen molar-refractivity contribution in [3.63, 3.8) is 0 Å². The molecule has 0 aromatic rings. The maximum absolute atomic E-state index is 12.2. The van der Waals surface area contributed by atoms with E-state index < -0.39 is 0 Å². The van der Waals surface area contributed by atoms with Gasteiger partial charge in [-0.3, -0.25) is 4.79 Å². The van der Waals surface area contributed by atoms with E-state index in [-0.39, 0.29) is 0 Å². The Labute approximate surface area is 136 Å². The molecule has 4 aliphatic rings. The minimum Gasteiger partial charge on any atom is -0.300 e. The number of hydrogen-bond donors (Lipinski definition) is 0. The van der Waals surface area contributed by atoms with Crippen molar-refractivity contribution in [1.82, 2.24) is 0 Å². The van der Waals surface area contributed by atoms with E-state index >= 15 is 0 Å². The first kappa shape index (κ1) is 15.2. The molecule has 22 heavy (non-hydrogen) atoms. The highest BCUT2D eigenvalue weighted by molar-refractivity contribution is 5.79. The van der Waals surface area contributed by atoms with Crippen LogP contribution in [0.25, 0.3) is 0 Å². The van der Waals surface area contributed by atoms with Crippen molar-refractivity contribution in [1.29, 1.82) is 0 Å². The zero-order chi connectivity index (χ0) is 15.4. The van der Waals surface area contributed by atoms with Crippen molar-refractivity contribution in [2.45, 2.75) is 90.9 Å². The van der Waals surface area contributed by atoms with E-state index in [1.165, 1.54) is 64.2 Å². The van der Waals surface area contributed by atoms with Gasteiger partial charge in [-0.15, -0.1) is 0 Å². The molecule has 124 valence electrons. The minimum absolute atomic E-state index is 0.340. The van der Waals surface area contributed by atoms with Gasteiger partial charge >= 0.3 is 0 Å². The number of rotatable bonds is 0. The first-order valence-electron chi connectivity index (χ1n) is 10.0. The van der Waals surface area contributed by atoms with E-state index in [1.807, 2.05) is 0 Å². The lowest BCUT2D eigenvalue weighted by molar-refractivity contribution is -0.129. The summed E-state index contributed by atoms with van der Waals surface area (Å²) in [7, 11) is 0. The third-order valence-electron chi connectivity index (χ3n) is 8.67. The number of Topliss-reactive ketones (excluding diaryl/α,β-unsaturated/α-hetero) is 1. The summed E-state index contributed by atoms with van der Waals surface area (Å²) in [5, 5.41) is 0. The predicted octanol–water partition coefficient (Wildman–Crippen LogP) is 5.77. The van der Waals surface area contributed by atoms with Gasteiger partial charge in [0.2, 0.25) is 0 Å². The topological polar surface area (TPSA) is 17.1 Å². The molecule has 0 radical (unpaired) electrons. The highest BCUT2D eigenvalue weighted by Crippen LogP contribution is 2.64. The highest BCUT2D eigenvalue weighted by atomic mass is 16.1. The molecule has 6 atom stereocenters. The van der Waals surface area contributed by atoms with Crippen LogP contribution in [0.1, 0.15) is 90.9 Å². The van der Waals surface area contributed by atoms with Crippen LogP contribution >= 0.6 is 0 Å². The number of carbonyl (C=O) groups is 1. The van der Waals surface area contributed by atoms with Crippen molar-refractivity contribution in [2.24, 2.45) is 34.5 Å². The highest BCUT2D eigenvalue weighted by Gasteiger charge is 2.56. The van der Waals surface area contributed by atoms with Gasteiger partial charge in [0.15, 0.2) is 0 Å². The van der Waals surface area contributed by atoms with Gasteiger partial charge in [0.05, 0.1) is 0 Å². The van der Waals surface area contributed by atoms with E-state index in [0.29, 0.717) is 16.6 Å². The Balaban J connectivity index is 1.63. The van der Waals surface area contributed by atoms with Gasteiger partial charge in [-0.25, -0.2) is 0 Å². The van der Waals surface area contributed by atoms with E-state index in [1.54, 1.807) is 0 Å². The molecule has 1 nitrogen and oxygen atoms in total. The van der Waals surface area contributed by atoms with Crippen molar-refractivity contribution in [3.05, 3.63) is 0 Å². The van der Waals surface area contributed by atoms with Crippen LogP contribution in [0.3, 0.4) is 0 Å². The molecular formula is C21H34O. The van der Waals surface area contributed by atoms with E-state index in [0.717, 1.165) is 36.5 Å². The molecule has 0 N–H and O–H groups in total. The second-order valence-corrected chi connectivity index (χ2v) is 9.70. The van der Waals surface area contributed by atoms with Crippen molar-refractivity contribution >= 4 is 5.78 Å². The minimum atomic E-state index is 0.340. The molecule has 6 unspecified atom stereocenters. The van der Waals surface area contributed by atoms with Crippen LogP contribution in [0, 0.1) is 34.5 Å². The predicted molar refractivity (Wildman–Crippen MR) is 90.6 cm³/mol. The first-order valence-corrected chi connectivity index (χ1v) is 10.0. The largest absolute Gasteiger partial charge is 0.300 e. The van der Waals surface area contributed by atoms with Crippen LogP contribution in [0.5, 0.6) is 0 Å². The zero-order valence-corrected chi connectivity index (χ0v) is 14.7. The molecule has 0 heterocycles. The third-order valence-corrected chi connectivity index (χ3v) is 8.67. The quantitative estimate of drug-likeness (QED) is 0.555. The normalized spacial score (nSPS) is 52.2. The van der Waals surface area contributed by atoms with E-state index in [2.05, 4.69) is 13.8 Å². The first-order chi connectivity index (χ1) is 10.5. The van der Waals surface area contributed by atoms with Gasteiger partial charge < -0.3 is 0 Å². The molecule has 4 saturated carbocycles. The number of carbonyl (C=O) groups excluding carboxylic acids is 1. The summed E-state index contributed by atoms with van der Waals surface area (Å²) in [6, 6.07) is 0. The molecule has 4 rings (SSSR count). The fourth-order valence-corrected chi connectivity index (χ4v) is 7.53. The van der Waals surface area contributed by atoms with Crippen LogP contribution < -0.4 is 0 Å². The Morgan fingerprint density at radius 3 is 2.59 bits per heavy atom. The Morgan fingerprint density at radius 2 is 1.73 bits per heavy atom. The lowest BCUT2D eigenvalue weighted by Crippen LogP contribution is -2.53. The molecule has 4 fully saturated rings. The van der Waals surface area contributed by atoms with Crippen LogP contribution in [0.2, 0.25) is 0 Å². The molecule has 0 aromatic carbocycles. The summed E-state index contributed by atoms with van der Waals surface area (Å²) in [6.45, 7) is 5.12. The van der Waals surface area contributed by atoms with Gasteiger partial charge in [0, 0.05) is 12.8 Å². The number of ketones is 1. The van der Waals surface area contributed by atoms with Gasteiger partial charge in [-0.2, -0.15) is 0 Å². The van der Waals surface area contributed by atoms with Gasteiger partial charge in [0.25, 0.3) is 0 Å².